The maximum Gasteiger partial charge on any atom is 0.102 e. The number of rotatable bonds is 2. The van der Waals surface area contributed by atoms with Crippen molar-refractivity contribution in [1.82, 2.24) is 4.90 Å². The molecule has 82 valence electrons. The maximum atomic E-state index is 4.42. The van der Waals surface area contributed by atoms with Crippen LogP contribution < -0.4 is 0 Å². The molecule has 15 heavy (non-hydrogen) atoms. The number of hydrogen-bond acceptors (Lipinski definition) is 1. The minimum atomic E-state index is 0.611. The number of aliphatic imine (C=N–C) groups is 1. The molecule has 0 atom stereocenters. The van der Waals surface area contributed by atoms with Crippen molar-refractivity contribution in [2.75, 3.05) is 13.6 Å². The second-order valence-corrected chi connectivity index (χ2v) is 3.79. The lowest BCUT2D eigenvalue weighted by molar-refractivity contribution is 0.535. The molecule has 1 aliphatic rings. The first-order valence-electron chi connectivity index (χ1n) is 5.59. The molecule has 0 amide bonds. The highest BCUT2D eigenvalue weighted by atomic mass is 15.2. The number of allylic oxidation sites excluding steroid dienone is 2. The molecule has 0 saturated heterocycles. The molecule has 0 bridgehead atoms. The van der Waals surface area contributed by atoms with E-state index in [-0.39, 0.29) is 0 Å². The van der Waals surface area contributed by atoms with Gasteiger partial charge in [-0.05, 0) is 39.5 Å². The molecule has 0 unspecified atom stereocenters. The fraction of sp³-hybridized carbons (Fsp3) is 0.615. The molecule has 0 heterocycles. The minimum absolute atomic E-state index is 0.611. The first kappa shape index (κ1) is 11.8. The Hall–Kier alpha value is -1.23. The zero-order valence-corrected chi connectivity index (χ0v) is 10.0. The minimum Gasteiger partial charge on any atom is -0.338 e. The zero-order valence-electron chi connectivity index (χ0n) is 10.0. The van der Waals surface area contributed by atoms with Gasteiger partial charge in [0.05, 0.1) is 0 Å². The van der Waals surface area contributed by atoms with Gasteiger partial charge in [0.2, 0.25) is 0 Å². The van der Waals surface area contributed by atoms with Crippen molar-refractivity contribution >= 4 is 5.84 Å². The van der Waals surface area contributed by atoms with E-state index in [1.807, 2.05) is 13.8 Å². The van der Waals surface area contributed by atoms with Crippen LogP contribution in [0.25, 0.3) is 0 Å². The molecular formula is C13H20N2. The molecule has 0 aromatic heterocycles. The van der Waals surface area contributed by atoms with Crippen LogP contribution in [0.3, 0.4) is 0 Å². The Kier molecular flexibility index (Phi) is 4.97. The van der Waals surface area contributed by atoms with Crippen molar-refractivity contribution in [1.29, 1.82) is 0 Å². The van der Waals surface area contributed by atoms with Crippen LogP contribution in [0, 0.1) is 11.8 Å². The van der Waals surface area contributed by atoms with Gasteiger partial charge >= 0.3 is 0 Å². The van der Waals surface area contributed by atoms with E-state index in [1.165, 1.54) is 31.4 Å². The molecule has 0 radical (unpaired) electrons. The van der Waals surface area contributed by atoms with Gasteiger partial charge in [-0.1, -0.05) is 12.0 Å². The number of hydrogen-bond donors (Lipinski definition) is 0. The van der Waals surface area contributed by atoms with Gasteiger partial charge in [-0.3, -0.25) is 4.99 Å². The maximum absolute atomic E-state index is 4.42. The molecule has 0 N–H and O–H groups in total. The number of amidine groups is 1. The second kappa shape index (κ2) is 6.29. The normalized spacial score (nSPS) is 16.5. The van der Waals surface area contributed by atoms with Crippen molar-refractivity contribution in [3.8, 4) is 11.8 Å². The van der Waals surface area contributed by atoms with Gasteiger partial charge in [0.25, 0.3) is 0 Å². The SMILES string of the molecule is CC#CCN=C(C)N(C)C1=CCCCC1. The van der Waals surface area contributed by atoms with Gasteiger partial charge in [0.15, 0.2) is 0 Å². The van der Waals surface area contributed by atoms with Crippen LogP contribution in [0.2, 0.25) is 0 Å². The lowest BCUT2D eigenvalue weighted by atomic mass is 10.0. The van der Waals surface area contributed by atoms with Crippen LogP contribution in [0.5, 0.6) is 0 Å². The molecule has 0 fully saturated rings. The smallest absolute Gasteiger partial charge is 0.102 e. The summed E-state index contributed by atoms with van der Waals surface area (Å²) in [7, 11) is 2.09. The van der Waals surface area contributed by atoms with Gasteiger partial charge in [0, 0.05) is 12.7 Å². The second-order valence-electron chi connectivity index (χ2n) is 3.79. The predicted molar refractivity (Wildman–Crippen MR) is 65.7 cm³/mol. The summed E-state index contributed by atoms with van der Waals surface area (Å²) in [6.07, 6.45) is 7.35. The van der Waals surface area contributed by atoms with Gasteiger partial charge < -0.3 is 4.90 Å². The molecule has 1 aliphatic carbocycles. The lowest BCUT2D eigenvalue weighted by Crippen LogP contribution is -2.24. The van der Waals surface area contributed by atoms with Crippen molar-refractivity contribution in [3.63, 3.8) is 0 Å². The molecule has 0 spiro atoms. The van der Waals surface area contributed by atoms with E-state index < -0.39 is 0 Å². The van der Waals surface area contributed by atoms with Crippen molar-refractivity contribution < 1.29 is 0 Å². The third-order valence-electron chi connectivity index (χ3n) is 2.75. The quantitative estimate of drug-likeness (QED) is 0.383. The first-order valence-corrected chi connectivity index (χ1v) is 5.59. The van der Waals surface area contributed by atoms with Crippen LogP contribution in [0.1, 0.15) is 39.5 Å². The molecule has 2 heteroatoms. The van der Waals surface area contributed by atoms with Crippen LogP contribution in [-0.2, 0) is 0 Å². The monoisotopic (exact) mass is 204 g/mol. The van der Waals surface area contributed by atoms with E-state index in [9.17, 15) is 0 Å². The molecular weight excluding hydrogens is 184 g/mol. The standard InChI is InChI=1S/C13H20N2/c1-4-5-11-14-12(2)15(3)13-9-7-6-8-10-13/h9H,6-8,10-11H2,1-3H3. The van der Waals surface area contributed by atoms with Crippen molar-refractivity contribution in [3.05, 3.63) is 11.8 Å². The van der Waals surface area contributed by atoms with Gasteiger partial charge in [0.1, 0.15) is 12.4 Å². The Balaban J connectivity index is 2.56. The Morgan fingerprint density at radius 3 is 2.93 bits per heavy atom. The van der Waals surface area contributed by atoms with E-state index in [2.05, 4.69) is 34.9 Å². The largest absolute Gasteiger partial charge is 0.338 e. The van der Waals surface area contributed by atoms with Gasteiger partial charge in [-0.2, -0.15) is 0 Å². The highest BCUT2D eigenvalue weighted by molar-refractivity contribution is 5.81. The zero-order chi connectivity index (χ0) is 11.1. The van der Waals surface area contributed by atoms with Crippen molar-refractivity contribution in [2.45, 2.75) is 39.5 Å². The van der Waals surface area contributed by atoms with E-state index >= 15 is 0 Å². The van der Waals surface area contributed by atoms with E-state index in [1.54, 1.807) is 0 Å². The average Bonchev–Trinajstić information content (AvgIpc) is 2.29. The fourth-order valence-electron chi connectivity index (χ4n) is 1.67. The summed E-state index contributed by atoms with van der Waals surface area (Å²) in [4.78, 5) is 6.61. The summed E-state index contributed by atoms with van der Waals surface area (Å²) in [5.74, 6) is 6.87. The molecule has 1 rings (SSSR count). The van der Waals surface area contributed by atoms with Crippen LogP contribution in [0.4, 0.5) is 0 Å². The summed E-state index contributed by atoms with van der Waals surface area (Å²) >= 11 is 0. The summed E-state index contributed by atoms with van der Waals surface area (Å²) in [6, 6.07) is 0. The summed E-state index contributed by atoms with van der Waals surface area (Å²) in [5.41, 5.74) is 1.41. The highest BCUT2D eigenvalue weighted by Gasteiger charge is 2.09. The Morgan fingerprint density at radius 1 is 1.53 bits per heavy atom. The summed E-state index contributed by atoms with van der Waals surface area (Å²) in [6.45, 7) is 4.50. The lowest BCUT2D eigenvalue weighted by Gasteiger charge is -2.24. The fourth-order valence-corrected chi connectivity index (χ4v) is 1.67. The summed E-state index contributed by atoms with van der Waals surface area (Å²) < 4.78 is 0. The number of nitrogens with zero attached hydrogens (tertiary/aromatic N) is 2. The molecule has 0 aromatic rings. The summed E-state index contributed by atoms with van der Waals surface area (Å²) in [5, 5.41) is 0. The third kappa shape index (κ3) is 3.79. The van der Waals surface area contributed by atoms with Crippen LogP contribution in [0.15, 0.2) is 16.8 Å². The highest BCUT2D eigenvalue weighted by Crippen LogP contribution is 2.19. The van der Waals surface area contributed by atoms with Crippen molar-refractivity contribution in [2.24, 2.45) is 4.99 Å². The van der Waals surface area contributed by atoms with Gasteiger partial charge in [-0.15, -0.1) is 5.92 Å². The van der Waals surface area contributed by atoms with Crippen LogP contribution in [-0.4, -0.2) is 24.3 Å². The Bertz CT molecular complexity index is 315. The Labute approximate surface area is 93.1 Å². The topological polar surface area (TPSA) is 15.6 Å². The molecule has 0 saturated carbocycles. The molecule has 0 aliphatic heterocycles. The predicted octanol–water partition coefficient (Wildman–Crippen LogP) is 2.82. The Morgan fingerprint density at radius 2 is 2.33 bits per heavy atom. The van der Waals surface area contributed by atoms with E-state index in [0.29, 0.717) is 6.54 Å². The molecule has 2 nitrogen and oxygen atoms in total. The van der Waals surface area contributed by atoms with E-state index in [0.717, 1.165) is 5.84 Å². The first-order chi connectivity index (χ1) is 7.25. The molecule has 0 aromatic carbocycles. The average molecular weight is 204 g/mol. The van der Waals surface area contributed by atoms with Gasteiger partial charge in [-0.25, -0.2) is 0 Å². The van der Waals surface area contributed by atoms with E-state index in [4.69, 9.17) is 0 Å². The third-order valence-corrected chi connectivity index (χ3v) is 2.75. The van der Waals surface area contributed by atoms with Crippen LogP contribution >= 0.6 is 0 Å².